The van der Waals surface area contributed by atoms with Gasteiger partial charge in [0.05, 0.1) is 22.9 Å². The molecule has 0 radical (unpaired) electrons. The Morgan fingerprint density at radius 2 is 2.29 bits per heavy atom. The molecule has 0 aliphatic carbocycles. The Morgan fingerprint density at radius 3 is 2.57 bits per heavy atom. The van der Waals surface area contributed by atoms with E-state index >= 15 is 0 Å². The molecule has 1 nitrogen and oxygen atoms in total. The second kappa shape index (κ2) is 2.35. The molecule has 0 atom stereocenters. The van der Waals surface area contributed by atoms with E-state index in [-0.39, 0.29) is 0 Å². The standard InChI is InChI=1S/C5H6IN/c6-7-4-2-1-3-5-7/h1-4H,5H2. The molecule has 0 bridgehead atoms. The Kier molecular flexibility index (Phi) is 1.73. The van der Waals surface area contributed by atoms with E-state index in [1.54, 1.807) is 0 Å². The monoisotopic (exact) mass is 207 g/mol. The number of hydrogen-bond acceptors (Lipinski definition) is 1. The van der Waals surface area contributed by atoms with Gasteiger partial charge in [-0.1, -0.05) is 12.2 Å². The number of rotatable bonds is 0. The molecule has 0 unspecified atom stereocenters. The summed E-state index contributed by atoms with van der Waals surface area (Å²) in [6.07, 6.45) is 8.23. The molecule has 0 amide bonds. The molecule has 2 heteroatoms. The first-order valence-electron chi connectivity index (χ1n) is 2.15. The highest BCUT2D eigenvalue weighted by molar-refractivity contribution is 14.1. The van der Waals surface area contributed by atoms with Crippen LogP contribution in [0.5, 0.6) is 0 Å². The molecule has 0 aromatic carbocycles. The van der Waals surface area contributed by atoms with Gasteiger partial charge in [0.25, 0.3) is 0 Å². The second-order valence-corrected chi connectivity index (χ2v) is 2.59. The zero-order chi connectivity index (χ0) is 5.11. The van der Waals surface area contributed by atoms with Crippen LogP contribution in [0.3, 0.4) is 0 Å². The minimum Gasteiger partial charge on any atom is -0.318 e. The molecule has 38 valence electrons. The van der Waals surface area contributed by atoms with Crippen molar-refractivity contribution < 1.29 is 0 Å². The minimum absolute atomic E-state index is 1.04. The third-order valence-corrected chi connectivity index (χ3v) is 1.49. The van der Waals surface area contributed by atoms with Crippen LogP contribution in [0, 0.1) is 0 Å². The van der Waals surface area contributed by atoms with Gasteiger partial charge in [0, 0.05) is 12.7 Å². The maximum absolute atomic E-state index is 2.25. The third kappa shape index (κ3) is 1.51. The van der Waals surface area contributed by atoms with Crippen LogP contribution in [0.1, 0.15) is 0 Å². The van der Waals surface area contributed by atoms with Crippen molar-refractivity contribution in [3.05, 3.63) is 24.4 Å². The molecule has 0 aromatic rings. The van der Waals surface area contributed by atoms with Crippen molar-refractivity contribution in [2.24, 2.45) is 0 Å². The van der Waals surface area contributed by atoms with Gasteiger partial charge >= 0.3 is 0 Å². The van der Waals surface area contributed by atoms with E-state index in [1.807, 2.05) is 12.3 Å². The lowest BCUT2D eigenvalue weighted by atomic mass is 10.4. The van der Waals surface area contributed by atoms with Gasteiger partial charge in [0.2, 0.25) is 0 Å². The fourth-order valence-corrected chi connectivity index (χ4v) is 0.857. The molecule has 0 aromatic heterocycles. The summed E-state index contributed by atoms with van der Waals surface area (Å²) in [7, 11) is 0. The number of hydrogen-bond donors (Lipinski definition) is 0. The maximum atomic E-state index is 2.25. The smallest absolute Gasteiger partial charge is 0.0589 e. The van der Waals surface area contributed by atoms with Crippen molar-refractivity contribution in [2.45, 2.75) is 0 Å². The van der Waals surface area contributed by atoms with Crippen molar-refractivity contribution in [2.75, 3.05) is 6.54 Å². The van der Waals surface area contributed by atoms with E-state index in [1.165, 1.54) is 0 Å². The second-order valence-electron chi connectivity index (χ2n) is 1.35. The zero-order valence-corrected chi connectivity index (χ0v) is 6.00. The Bertz CT molecular complexity index is 107. The van der Waals surface area contributed by atoms with Crippen molar-refractivity contribution in [3.63, 3.8) is 0 Å². The summed E-state index contributed by atoms with van der Waals surface area (Å²) in [4.78, 5) is 0. The lowest BCUT2D eigenvalue weighted by Gasteiger charge is -2.08. The van der Waals surface area contributed by atoms with Crippen molar-refractivity contribution in [1.29, 1.82) is 0 Å². The molecular weight excluding hydrogens is 201 g/mol. The Morgan fingerprint density at radius 1 is 1.43 bits per heavy atom. The van der Waals surface area contributed by atoms with E-state index in [4.69, 9.17) is 0 Å². The number of halogens is 1. The fraction of sp³-hybridized carbons (Fsp3) is 0.200. The fourth-order valence-electron chi connectivity index (χ4n) is 0.444. The van der Waals surface area contributed by atoms with Gasteiger partial charge in [-0.05, 0) is 6.08 Å². The molecule has 1 aliphatic rings. The highest BCUT2D eigenvalue weighted by Crippen LogP contribution is 2.02. The maximum Gasteiger partial charge on any atom is 0.0589 e. The molecule has 1 heterocycles. The van der Waals surface area contributed by atoms with Crippen LogP contribution in [0.2, 0.25) is 0 Å². The molecule has 0 saturated carbocycles. The summed E-state index contributed by atoms with van der Waals surface area (Å²) in [5, 5.41) is 0. The third-order valence-electron chi connectivity index (χ3n) is 0.775. The summed E-state index contributed by atoms with van der Waals surface area (Å²) < 4.78 is 2.09. The molecule has 1 rings (SSSR count). The minimum atomic E-state index is 1.04. The van der Waals surface area contributed by atoms with Gasteiger partial charge < -0.3 is 3.11 Å². The summed E-state index contributed by atoms with van der Waals surface area (Å²) in [6.45, 7) is 1.04. The van der Waals surface area contributed by atoms with Crippen LogP contribution in [-0.2, 0) is 0 Å². The molecule has 0 fully saturated rings. The zero-order valence-electron chi connectivity index (χ0n) is 3.84. The van der Waals surface area contributed by atoms with Crippen molar-refractivity contribution in [1.82, 2.24) is 3.11 Å². The van der Waals surface area contributed by atoms with Crippen LogP contribution >= 0.6 is 22.9 Å². The molecule has 0 N–H and O–H groups in total. The van der Waals surface area contributed by atoms with Crippen LogP contribution in [0.15, 0.2) is 24.4 Å². The van der Waals surface area contributed by atoms with Gasteiger partial charge in [-0.2, -0.15) is 0 Å². The predicted octanol–water partition coefficient (Wildman–Crippen LogP) is 1.72. The molecule has 0 spiro atoms. The molecular formula is C5H6IN. The van der Waals surface area contributed by atoms with E-state index in [2.05, 4.69) is 38.1 Å². The highest BCUT2D eigenvalue weighted by atomic mass is 127. The summed E-state index contributed by atoms with van der Waals surface area (Å²) in [5.74, 6) is 0. The van der Waals surface area contributed by atoms with Gasteiger partial charge in [0.15, 0.2) is 0 Å². The average molecular weight is 207 g/mol. The predicted molar refractivity (Wildman–Crippen MR) is 39.0 cm³/mol. The normalized spacial score (nSPS) is 18.1. The van der Waals surface area contributed by atoms with E-state index in [9.17, 15) is 0 Å². The van der Waals surface area contributed by atoms with E-state index in [0.29, 0.717) is 0 Å². The van der Waals surface area contributed by atoms with Crippen LogP contribution in [0.25, 0.3) is 0 Å². The van der Waals surface area contributed by atoms with Gasteiger partial charge in [0.1, 0.15) is 0 Å². The van der Waals surface area contributed by atoms with Gasteiger partial charge in [-0.3, -0.25) is 0 Å². The molecule has 1 aliphatic heterocycles. The lowest BCUT2D eigenvalue weighted by Crippen LogP contribution is -2.03. The summed E-state index contributed by atoms with van der Waals surface area (Å²) in [6, 6.07) is 0. The number of nitrogens with zero attached hydrogens (tertiary/aromatic N) is 1. The van der Waals surface area contributed by atoms with Crippen LogP contribution < -0.4 is 0 Å². The first kappa shape index (κ1) is 5.15. The topological polar surface area (TPSA) is 3.24 Å². The lowest BCUT2D eigenvalue weighted by molar-refractivity contribution is 0.743. The van der Waals surface area contributed by atoms with Crippen LogP contribution in [0.4, 0.5) is 0 Å². The first-order valence-corrected chi connectivity index (χ1v) is 3.12. The highest BCUT2D eigenvalue weighted by Gasteiger charge is 1.88. The quantitative estimate of drug-likeness (QED) is 0.431. The first-order chi connectivity index (χ1) is 3.39. The Labute approximate surface area is 57.2 Å². The van der Waals surface area contributed by atoms with Crippen molar-refractivity contribution in [3.8, 4) is 0 Å². The van der Waals surface area contributed by atoms with Crippen LogP contribution in [-0.4, -0.2) is 9.66 Å². The van der Waals surface area contributed by atoms with Gasteiger partial charge in [-0.15, -0.1) is 0 Å². The largest absolute Gasteiger partial charge is 0.318 e. The SMILES string of the molecule is IN1C=CC=CC1. The Balaban J connectivity index is 2.49. The molecule has 7 heavy (non-hydrogen) atoms. The van der Waals surface area contributed by atoms with Gasteiger partial charge in [-0.25, -0.2) is 0 Å². The van der Waals surface area contributed by atoms with E-state index in [0.717, 1.165) is 6.54 Å². The summed E-state index contributed by atoms with van der Waals surface area (Å²) >= 11 is 2.25. The summed E-state index contributed by atoms with van der Waals surface area (Å²) in [5.41, 5.74) is 0. The molecule has 0 saturated heterocycles. The average Bonchev–Trinajstić information content (AvgIpc) is 1.69. The van der Waals surface area contributed by atoms with Crippen molar-refractivity contribution >= 4 is 22.9 Å². The Hall–Kier alpha value is 0.0100. The number of allylic oxidation sites excluding steroid dienone is 2. The van der Waals surface area contributed by atoms with E-state index < -0.39 is 0 Å².